The second-order valence-corrected chi connectivity index (χ2v) is 3.55. The molecule has 6 heteroatoms. The Hall–Kier alpha value is -1.43. The van der Waals surface area contributed by atoms with Crippen LogP contribution in [0.25, 0.3) is 0 Å². The zero-order valence-corrected chi connectivity index (χ0v) is 9.80. The van der Waals surface area contributed by atoms with Crippen molar-refractivity contribution in [1.29, 1.82) is 0 Å². The Balaban J connectivity index is 2.42. The van der Waals surface area contributed by atoms with E-state index < -0.39 is 4.92 Å². The van der Waals surface area contributed by atoms with E-state index in [2.05, 4.69) is 23.8 Å². The lowest BCUT2D eigenvalue weighted by Crippen LogP contribution is -2.25. The van der Waals surface area contributed by atoms with Gasteiger partial charge in [0.1, 0.15) is 6.54 Å². The molecule has 6 nitrogen and oxygen atoms in total. The van der Waals surface area contributed by atoms with E-state index in [1.807, 2.05) is 0 Å². The summed E-state index contributed by atoms with van der Waals surface area (Å²) >= 11 is 0. The van der Waals surface area contributed by atoms with Crippen molar-refractivity contribution in [2.45, 2.75) is 26.8 Å². The molecule has 90 valence electrons. The van der Waals surface area contributed by atoms with Gasteiger partial charge in [0.2, 0.25) is 0 Å². The highest BCUT2D eigenvalue weighted by atomic mass is 16.6. The molecular formula is C10H18N4O2. The van der Waals surface area contributed by atoms with E-state index in [0.717, 1.165) is 26.1 Å². The van der Waals surface area contributed by atoms with Crippen LogP contribution in [-0.4, -0.2) is 39.2 Å². The number of aryl methyl sites for hydroxylation is 1. The molecule has 1 rings (SSSR count). The lowest BCUT2D eigenvalue weighted by molar-refractivity contribution is -0.392. The van der Waals surface area contributed by atoms with E-state index in [9.17, 15) is 10.1 Å². The van der Waals surface area contributed by atoms with Crippen LogP contribution in [0.5, 0.6) is 0 Å². The first-order valence-electron chi connectivity index (χ1n) is 5.57. The van der Waals surface area contributed by atoms with Gasteiger partial charge in [0.05, 0.1) is 12.3 Å². The number of hydrogen-bond donors (Lipinski definition) is 0. The zero-order valence-electron chi connectivity index (χ0n) is 9.80. The Morgan fingerprint density at radius 1 is 1.50 bits per heavy atom. The molecule has 0 bridgehead atoms. The van der Waals surface area contributed by atoms with Crippen LogP contribution in [0.2, 0.25) is 0 Å². The molecule has 1 heterocycles. The molecule has 0 atom stereocenters. The molecule has 0 spiro atoms. The van der Waals surface area contributed by atoms with Gasteiger partial charge in [-0.05, 0) is 18.0 Å². The minimum atomic E-state index is -0.398. The largest absolute Gasteiger partial charge is 0.358 e. The van der Waals surface area contributed by atoms with Crippen LogP contribution in [0, 0.1) is 10.1 Å². The normalized spacial score (nSPS) is 10.9. The summed E-state index contributed by atoms with van der Waals surface area (Å²) in [7, 11) is 0. The molecule has 1 aromatic heterocycles. The van der Waals surface area contributed by atoms with Crippen LogP contribution < -0.4 is 0 Å². The maximum atomic E-state index is 10.6. The van der Waals surface area contributed by atoms with Crippen molar-refractivity contribution < 1.29 is 4.92 Å². The molecule has 1 aromatic rings. The van der Waals surface area contributed by atoms with Gasteiger partial charge in [-0.2, -0.15) is 0 Å². The van der Waals surface area contributed by atoms with Crippen LogP contribution >= 0.6 is 0 Å². The predicted molar refractivity (Wildman–Crippen MR) is 61.3 cm³/mol. The highest BCUT2D eigenvalue weighted by Gasteiger charge is 2.12. The van der Waals surface area contributed by atoms with E-state index in [1.165, 1.54) is 16.9 Å². The van der Waals surface area contributed by atoms with Gasteiger partial charge in [0.25, 0.3) is 0 Å². The van der Waals surface area contributed by atoms with E-state index >= 15 is 0 Å². The highest BCUT2D eigenvalue weighted by Crippen LogP contribution is 2.09. The molecule has 0 amide bonds. The Morgan fingerprint density at radius 2 is 2.19 bits per heavy atom. The lowest BCUT2D eigenvalue weighted by atomic mass is 10.3. The van der Waals surface area contributed by atoms with Gasteiger partial charge in [-0.3, -0.25) is 0 Å². The quantitative estimate of drug-likeness (QED) is 0.522. The highest BCUT2D eigenvalue weighted by molar-refractivity contribution is 5.15. The number of hydrogen-bond acceptors (Lipinski definition) is 4. The molecule has 0 aromatic carbocycles. The number of rotatable bonds is 7. The summed E-state index contributed by atoms with van der Waals surface area (Å²) in [6, 6.07) is 1.43. The molecule has 0 saturated heterocycles. The fourth-order valence-electron chi connectivity index (χ4n) is 1.64. The summed E-state index contributed by atoms with van der Waals surface area (Å²) < 4.78 is 1.45. The Bertz CT molecular complexity index is 333. The van der Waals surface area contributed by atoms with Gasteiger partial charge in [-0.15, -0.1) is 4.68 Å². The van der Waals surface area contributed by atoms with Gasteiger partial charge in [0, 0.05) is 13.0 Å². The van der Waals surface area contributed by atoms with E-state index in [-0.39, 0.29) is 5.82 Å². The molecule has 16 heavy (non-hydrogen) atoms. The predicted octanol–water partition coefficient (Wildman–Crippen LogP) is 1.52. The fraction of sp³-hybridized carbons (Fsp3) is 0.700. The van der Waals surface area contributed by atoms with Gasteiger partial charge < -0.3 is 15.0 Å². The molecule has 0 saturated carbocycles. The smallest absolute Gasteiger partial charge is 0.344 e. The van der Waals surface area contributed by atoms with Crippen molar-refractivity contribution in [3.8, 4) is 0 Å². The minimum absolute atomic E-state index is 0.0690. The third-order valence-corrected chi connectivity index (χ3v) is 2.62. The molecule has 0 aliphatic carbocycles. The minimum Gasteiger partial charge on any atom is -0.358 e. The number of nitrogens with zero attached hydrogens (tertiary/aromatic N) is 4. The summed E-state index contributed by atoms with van der Waals surface area (Å²) in [5.74, 6) is 0.0690. The first kappa shape index (κ1) is 12.6. The summed E-state index contributed by atoms with van der Waals surface area (Å²) in [5.41, 5.74) is 0. The third kappa shape index (κ3) is 3.30. The SMILES string of the molecule is CCN(CC)CCCn1nccc1[N+](=O)[O-]. The van der Waals surface area contributed by atoms with Gasteiger partial charge in [0.15, 0.2) is 0 Å². The van der Waals surface area contributed by atoms with Crippen molar-refractivity contribution in [3.05, 3.63) is 22.4 Å². The van der Waals surface area contributed by atoms with E-state index in [4.69, 9.17) is 0 Å². The lowest BCUT2D eigenvalue weighted by Gasteiger charge is -2.16. The maximum Gasteiger partial charge on any atom is 0.344 e. The van der Waals surface area contributed by atoms with Crippen LogP contribution in [-0.2, 0) is 6.54 Å². The van der Waals surface area contributed by atoms with E-state index in [0.29, 0.717) is 6.54 Å². The second-order valence-electron chi connectivity index (χ2n) is 3.55. The van der Waals surface area contributed by atoms with Crippen LogP contribution in [0.3, 0.4) is 0 Å². The molecule has 0 unspecified atom stereocenters. The standard InChI is InChI=1S/C10H18N4O2/c1-3-12(4-2)8-5-9-13-10(14(15)16)6-7-11-13/h6-7H,3-5,8-9H2,1-2H3. The number of aromatic nitrogens is 2. The molecule has 0 fully saturated rings. The zero-order chi connectivity index (χ0) is 12.0. The topological polar surface area (TPSA) is 64.2 Å². The summed E-state index contributed by atoms with van der Waals surface area (Å²) in [4.78, 5) is 12.5. The fourth-order valence-corrected chi connectivity index (χ4v) is 1.64. The van der Waals surface area contributed by atoms with Gasteiger partial charge >= 0.3 is 5.82 Å². The average Bonchev–Trinajstić information content (AvgIpc) is 2.72. The van der Waals surface area contributed by atoms with Crippen molar-refractivity contribution in [3.63, 3.8) is 0 Å². The summed E-state index contributed by atoms with van der Waals surface area (Å²) in [6.45, 7) is 7.79. The molecule has 0 aliphatic heterocycles. The summed E-state index contributed by atoms with van der Waals surface area (Å²) in [6.07, 6.45) is 2.35. The van der Waals surface area contributed by atoms with Crippen molar-refractivity contribution in [2.75, 3.05) is 19.6 Å². The second kappa shape index (κ2) is 6.22. The van der Waals surface area contributed by atoms with E-state index in [1.54, 1.807) is 0 Å². The van der Waals surface area contributed by atoms with Crippen molar-refractivity contribution in [1.82, 2.24) is 14.7 Å². The Kier molecular flexibility index (Phi) is 4.91. The van der Waals surface area contributed by atoms with Crippen LogP contribution in [0.15, 0.2) is 12.3 Å². The van der Waals surface area contributed by atoms with Gasteiger partial charge in [-0.25, -0.2) is 0 Å². The van der Waals surface area contributed by atoms with Crippen LogP contribution in [0.4, 0.5) is 5.82 Å². The average molecular weight is 226 g/mol. The Labute approximate surface area is 95.0 Å². The monoisotopic (exact) mass is 226 g/mol. The molecule has 0 radical (unpaired) electrons. The number of nitro groups is 1. The van der Waals surface area contributed by atoms with Crippen LogP contribution in [0.1, 0.15) is 20.3 Å². The van der Waals surface area contributed by atoms with Crippen molar-refractivity contribution >= 4 is 5.82 Å². The molecule has 0 aliphatic rings. The molecule has 0 N–H and O–H groups in total. The Morgan fingerprint density at radius 3 is 2.75 bits per heavy atom. The third-order valence-electron chi connectivity index (χ3n) is 2.62. The first-order chi connectivity index (χ1) is 7.69. The summed E-state index contributed by atoms with van der Waals surface area (Å²) in [5, 5.41) is 14.6. The van der Waals surface area contributed by atoms with Gasteiger partial charge in [-0.1, -0.05) is 18.9 Å². The first-order valence-corrected chi connectivity index (χ1v) is 5.57. The van der Waals surface area contributed by atoms with Crippen molar-refractivity contribution in [2.24, 2.45) is 0 Å². The molecular weight excluding hydrogens is 208 g/mol. The maximum absolute atomic E-state index is 10.6.